The number of anilines is 1. The van der Waals surface area contributed by atoms with E-state index < -0.39 is 11.9 Å². The smallest absolute Gasteiger partial charge is 0.311 e. The Morgan fingerprint density at radius 1 is 1.61 bits per heavy atom. The fourth-order valence-electron chi connectivity index (χ4n) is 2.68. The van der Waals surface area contributed by atoms with Gasteiger partial charge in [-0.1, -0.05) is 26.3 Å². The van der Waals surface area contributed by atoms with Crippen molar-refractivity contribution in [3.05, 3.63) is 29.6 Å². The van der Waals surface area contributed by atoms with E-state index in [0.717, 1.165) is 6.42 Å². The Kier molecular flexibility index (Phi) is 3.55. The molecule has 3 nitrogen and oxygen atoms in total. The van der Waals surface area contributed by atoms with E-state index in [1.165, 1.54) is 12.1 Å². The number of aliphatic carboxylic acids is 1. The van der Waals surface area contributed by atoms with Crippen LogP contribution in [0, 0.1) is 17.7 Å². The maximum atomic E-state index is 13.2. The summed E-state index contributed by atoms with van der Waals surface area (Å²) in [5.74, 6) is -1.35. The molecule has 0 aliphatic carbocycles. The number of benzene rings is 1. The van der Waals surface area contributed by atoms with Gasteiger partial charge in [0.05, 0.1) is 5.92 Å². The molecule has 98 valence electrons. The van der Waals surface area contributed by atoms with Crippen LogP contribution in [0.3, 0.4) is 0 Å². The highest BCUT2D eigenvalue weighted by Gasteiger charge is 2.37. The van der Waals surface area contributed by atoms with Crippen molar-refractivity contribution in [3.8, 4) is 0 Å². The molecule has 1 aromatic rings. The molecule has 2 N–H and O–H groups in total. The van der Waals surface area contributed by atoms with E-state index in [1.54, 1.807) is 6.07 Å². The number of hydrogen-bond acceptors (Lipinski definition) is 2. The summed E-state index contributed by atoms with van der Waals surface area (Å²) in [7, 11) is 0. The van der Waals surface area contributed by atoms with Crippen molar-refractivity contribution in [3.63, 3.8) is 0 Å². The second-order valence-corrected chi connectivity index (χ2v) is 4.98. The highest BCUT2D eigenvalue weighted by Crippen LogP contribution is 2.40. The van der Waals surface area contributed by atoms with Crippen LogP contribution in [0.25, 0.3) is 0 Å². The van der Waals surface area contributed by atoms with Gasteiger partial charge in [-0.15, -0.1) is 0 Å². The van der Waals surface area contributed by atoms with Gasteiger partial charge in [0.25, 0.3) is 0 Å². The Labute approximate surface area is 106 Å². The quantitative estimate of drug-likeness (QED) is 0.868. The predicted octanol–water partition coefficient (Wildman–Crippen LogP) is 3.08. The lowest BCUT2D eigenvalue weighted by atomic mass is 9.75. The minimum Gasteiger partial charge on any atom is -0.481 e. The van der Waals surface area contributed by atoms with Crippen LogP contribution in [-0.2, 0) is 4.79 Å². The number of halogens is 1. The van der Waals surface area contributed by atoms with Crippen LogP contribution >= 0.6 is 0 Å². The van der Waals surface area contributed by atoms with Crippen LogP contribution in [0.5, 0.6) is 0 Å². The number of fused-ring (bicyclic) bond motifs is 1. The maximum absolute atomic E-state index is 13.2. The summed E-state index contributed by atoms with van der Waals surface area (Å²) in [6.07, 6.45) is 0.937. The first-order valence-corrected chi connectivity index (χ1v) is 6.30. The van der Waals surface area contributed by atoms with Crippen molar-refractivity contribution in [2.24, 2.45) is 11.8 Å². The number of hydrogen-bond donors (Lipinski definition) is 2. The zero-order valence-electron chi connectivity index (χ0n) is 10.6. The van der Waals surface area contributed by atoms with Gasteiger partial charge in [0.15, 0.2) is 0 Å². The molecule has 18 heavy (non-hydrogen) atoms. The lowest BCUT2D eigenvalue weighted by Gasteiger charge is -2.35. The molecular weight excluding hydrogens is 233 g/mol. The van der Waals surface area contributed by atoms with Gasteiger partial charge in [0, 0.05) is 12.2 Å². The van der Waals surface area contributed by atoms with Gasteiger partial charge in [-0.3, -0.25) is 4.79 Å². The van der Waals surface area contributed by atoms with Crippen molar-refractivity contribution >= 4 is 11.7 Å². The molecule has 0 saturated heterocycles. The van der Waals surface area contributed by atoms with E-state index in [0.29, 0.717) is 23.7 Å². The zero-order valence-corrected chi connectivity index (χ0v) is 10.6. The first-order valence-electron chi connectivity index (χ1n) is 6.30. The van der Waals surface area contributed by atoms with Gasteiger partial charge < -0.3 is 10.4 Å². The van der Waals surface area contributed by atoms with E-state index in [-0.39, 0.29) is 11.7 Å². The molecule has 0 aromatic heterocycles. The largest absolute Gasteiger partial charge is 0.481 e. The van der Waals surface area contributed by atoms with Crippen molar-refractivity contribution in [1.29, 1.82) is 0 Å². The molecule has 3 unspecified atom stereocenters. The van der Waals surface area contributed by atoms with E-state index in [4.69, 9.17) is 0 Å². The van der Waals surface area contributed by atoms with Crippen molar-refractivity contribution < 1.29 is 14.3 Å². The molecule has 0 amide bonds. The highest BCUT2D eigenvalue weighted by atomic mass is 19.1. The average Bonchev–Trinajstić information content (AvgIpc) is 2.35. The number of carboxylic acids is 1. The molecule has 1 aliphatic rings. The number of carbonyl (C=O) groups is 1. The van der Waals surface area contributed by atoms with Crippen molar-refractivity contribution in [1.82, 2.24) is 0 Å². The van der Waals surface area contributed by atoms with Crippen molar-refractivity contribution in [2.45, 2.75) is 26.2 Å². The molecular formula is C14H18FNO2. The summed E-state index contributed by atoms with van der Waals surface area (Å²) >= 11 is 0. The third kappa shape index (κ3) is 2.19. The van der Waals surface area contributed by atoms with Gasteiger partial charge in [-0.25, -0.2) is 4.39 Å². The van der Waals surface area contributed by atoms with Crippen molar-refractivity contribution in [2.75, 3.05) is 11.9 Å². The molecule has 2 rings (SSSR count). The summed E-state index contributed by atoms with van der Waals surface area (Å²) in [5, 5.41) is 12.6. The first kappa shape index (κ1) is 12.9. The third-order valence-electron chi connectivity index (χ3n) is 3.95. The Bertz CT molecular complexity index is 461. The van der Waals surface area contributed by atoms with Gasteiger partial charge in [0.2, 0.25) is 0 Å². The summed E-state index contributed by atoms with van der Waals surface area (Å²) in [6, 6.07) is 4.29. The Morgan fingerprint density at radius 3 is 2.94 bits per heavy atom. The molecule has 0 saturated carbocycles. The summed E-state index contributed by atoms with van der Waals surface area (Å²) in [5.41, 5.74) is 1.31. The van der Waals surface area contributed by atoms with E-state index in [2.05, 4.69) is 19.2 Å². The standard InChI is InChI=1S/C14H18FNO2/c1-3-8(2)11-7-16-12-6-9(15)4-5-10(12)13(11)14(17)18/h4-6,8,11,13,16H,3,7H2,1-2H3,(H,17,18). The van der Waals surface area contributed by atoms with E-state index in [1.807, 2.05) is 0 Å². The first-order chi connectivity index (χ1) is 8.54. The molecule has 4 heteroatoms. The van der Waals surface area contributed by atoms with Crippen LogP contribution in [0.4, 0.5) is 10.1 Å². The summed E-state index contributed by atoms with van der Waals surface area (Å²) in [6.45, 7) is 4.71. The number of carboxylic acid groups (broad SMARTS) is 1. The molecule has 1 aliphatic heterocycles. The number of rotatable bonds is 3. The van der Waals surface area contributed by atoms with Crippen LogP contribution < -0.4 is 5.32 Å². The molecule has 0 spiro atoms. The zero-order chi connectivity index (χ0) is 13.3. The number of nitrogens with one attached hydrogen (secondary N) is 1. The lowest BCUT2D eigenvalue weighted by molar-refractivity contribution is -0.140. The van der Waals surface area contributed by atoms with Crippen LogP contribution in [0.1, 0.15) is 31.7 Å². The highest BCUT2D eigenvalue weighted by molar-refractivity contribution is 5.80. The summed E-state index contributed by atoms with van der Waals surface area (Å²) < 4.78 is 13.2. The Hall–Kier alpha value is -1.58. The Morgan fingerprint density at radius 2 is 2.33 bits per heavy atom. The van der Waals surface area contributed by atoms with E-state index in [9.17, 15) is 14.3 Å². The Balaban J connectivity index is 2.42. The van der Waals surface area contributed by atoms with Crippen LogP contribution in [0.2, 0.25) is 0 Å². The second-order valence-electron chi connectivity index (χ2n) is 4.98. The van der Waals surface area contributed by atoms with Gasteiger partial charge in [0.1, 0.15) is 5.82 Å². The summed E-state index contributed by atoms with van der Waals surface area (Å²) in [4.78, 5) is 11.5. The van der Waals surface area contributed by atoms with Gasteiger partial charge in [-0.05, 0) is 29.5 Å². The lowest BCUT2D eigenvalue weighted by Crippen LogP contribution is -2.36. The van der Waals surface area contributed by atoms with Crippen LogP contribution in [-0.4, -0.2) is 17.6 Å². The van der Waals surface area contributed by atoms with Gasteiger partial charge >= 0.3 is 5.97 Å². The average molecular weight is 251 g/mol. The molecule has 0 fully saturated rings. The predicted molar refractivity (Wildman–Crippen MR) is 68.2 cm³/mol. The minimum atomic E-state index is -0.824. The maximum Gasteiger partial charge on any atom is 0.311 e. The molecule has 0 radical (unpaired) electrons. The normalized spacial score (nSPS) is 23.9. The minimum absolute atomic E-state index is 0.0467. The fourth-order valence-corrected chi connectivity index (χ4v) is 2.68. The molecule has 3 atom stereocenters. The van der Waals surface area contributed by atoms with E-state index >= 15 is 0 Å². The molecule has 1 aromatic carbocycles. The molecule has 1 heterocycles. The fraction of sp³-hybridized carbons (Fsp3) is 0.500. The molecule has 0 bridgehead atoms. The van der Waals surface area contributed by atoms with Gasteiger partial charge in [-0.2, -0.15) is 0 Å². The third-order valence-corrected chi connectivity index (χ3v) is 3.95. The van der Waals surface area contributed by atoms with Crippen LogP contribution in [0.15, 0.2) is 18.2 Å². The monoisotopic (exact) mass is 251 g/mol. The second kappa shape index (κ2) is 4.96. The topological polar surface area (TPSA) is 49.3 Å². The SMILES string of the molecule is CCC(C)C1CNc2cc(F)ccc2C1C(=O)O.